The first kappa shape index (κ1) is 15.8. The lowest BCUT2D eigenvalue weighted by atomic mass is 9.85. The van der Waals surface area contributed by atoms with Gasteiger partial charge in [0, 0.05) is 6.07 Å². The van der Waals surface area contributed by atoms with Crippen LogP contribution in [0.5, 0.6) is 0 Å². The van der Waals surface area contributed by atoms with E-state index in [1.165, 1.54) is 36.4 Å². The van der Waals surface area contributed by atoms with E-state index in [1.54, 1.807) is 4.90 Å². The van der Waals surface area contributed by atoms with Gasteiger partial charge in [0.25, 0.3) is 11.4 Å². The number of nitro benzene ring substituents is 2. The molecule has 0 atom stereocenters. The van der Waals surface area contributed by atoms with E-state index in [-0.39, 0.29) is 24.5 Å². The average molecular weight is 333 g/mol. The van der Waals surface area contributed by atoms with E-state index in [9.17, 15) is 29.7 Å². The largest absolute Gasteiger partial charge is 0.381 e. The number of anilines is 1. The first-order chi connectivity index (χ1) is 11.3. The number of nitrogens with zero attached hydrogens (tertiary/aromatic N) is 3. The molecule has 1 aliphatic rings. The molecular formula is C15H12FN3O5. The summed E-state index contributed by atoms with van der Waals surface area (Å²) in [4.78, 5) is 22.1. The molecule has 1 aliphatic heterocycles. The van der Waals surface area contributed by atoms with E-state index < -0.39 is 27.0 Å². The highest BCUT2D eigenvalue weighted by Crippen LogP contribution is 2.40. The maximum atomic E-state index is 13.0. The summed E-state index contributed by atoms with van der Waals surface area (Å²) in [6.45, 7) is 0.133. The zero-order valence-electron chi connectivity index (χ0n) is 12.3. The number of nitro groups is 2. The van der Waals surface area contributed by atoms with Crippen molar-refractivity contribution in [2.45, 2.75) is 5.60 Å². The third-order valence-corrected chi connectivity index (χ3v) is 3.99. The molecule has 24 heavy (non-hydrogen) atoms. The smallest absolute Gasteiger partial charge is 0.299 e. The number of benzene rings is 2. The van der Waals surface area contributed by atoms with Gasteiger partial charge in [-0.15, -0.1) is 0 Å². The van der Waals surface area contributed by atoms with Crippen molar-refractivity contribution in [3.05, 3.63) is 74.1 Å². The van der Waals surface area contributed by atoms with E-state index >= 15 is 0 Å². The van der Waals surface area contributed by atoms with Gasteiger partial charge in [0.05, 0.1) is 29.0 Å². The summed E-state index contributed by atoms with van der Waals surface area (Å²) in [5.41, 5.74) is -1.32. The first-order valence-electron chi connectivity index (χ1n) is 6.96. The summed E-state index contributed by atoms with van der Waals surface area (Å²) < 4.78 is 13.0. The number of hydrogen-bond acceptors (Lipinski definition) is 6. The molecule has 3 rings (SSSR count). The second kappa shape index (κ2) is 5.53. The van der Waals surface area contributed by atoms with Gasteiger partial charge in [-0.25, -0.2) is 4.39 Å². The fourth-order valence-electron chi connectivity index (χ4n) is 2.74. The molecule has 0 spiro atoms. The predicted molar refractivity (Wildman–Crippen MR) is 82.3 cm³/mol. The van der Waals surface area contributed by atoms with Gasteiger partial charge in [-0.2, -0.15) is 0 Å². The summed E-state index contributed by atoms with van der Waals surface area (Å²) in [6.07, 6.45) is 0. The predicted octanol–water partition coefficient (Wildman–Crippen LogP) is 2.35. The van der Waals surface area contributed by atoms with Crippen molar-refractivity contribution >= 4 is 17.1 Å². The standard InChI is InChI=1S/C15H12FN3O5/c16-11-3-1-10(2-4-11)15(20)8-17(9-15)13-6-5-12(18(21)22)7-14(13)19(23)24/h1-7,20H,8-9H2. The number of hydrogen-bond donors (Lipinski definition) is 1. The third kappa shape index (κ3) is 2.65. The SMILES string of the molecule is O=[N+]([O-])c1ccc(N2CC(O)(c3ccc(F)cc3)C2)c([N+](=O)[O-])c1. The molecule has 0 aromatic heterocycles. The van der Waals surface area contributed by atoms with Gasteiger partial charge in [0.2, 0.25) is 0 Å². The molecule has 0 radical (unpaired) electrons. The minimum atomic E-state index is -1.25. The quantitative estimate of drug-likeness (QED) is 0.679. The van der Waals surface area contributed by atoms with Crippen molar-refractivity contribution in [3.63, 3.8) is 0 Å². The molecule has 1 saturated heterocycles. The normalized spacial score (nSPS) is 15.7. The minimum absolute atomic E-state index is 0.0667. The Morgan fingerprint density at radius 2 is 1.67 bits per heavy atom. The van der Waals surface area contributed by atoms with Crippen LogP contribution in [0, 0.1) is 26.0 Å². The molecule has 9 heteroatoms. The lowest BCUT2D eigenvalue weighted by Crippen LogP contribution is -2.59. The van der Waals surface area contributed by atoms with Crippen LogP contribution >= 0.6 is 0 Å². The van der Waals surface area contributed by atoms with Crippen LogP contribution in [0.2, 0.25) is 0 Å². The summed E-state index contributed by atoms with van der Waals surface area (Å²) in [7, 11) is 0. The van der Waals surface area contributed by atoms with Gasteiger partial charge in [-0.3, -0.25) is 20.2 Å². The number of aliphatic hydroxyl groups is 1. The van der Waals surface area contributed by atoms with Crippen LogP contribution < -0.4 is 4.90 Å². The number of halogens is 1. The number of β-amino-alcohol motifs (C(OH)–C–C–N with tert-alkyl or cyclic N) is 1. The van der Waals surface area contributed by atoms with Gasteiger partial charge in [0.1, 0.15) is 17.1 Å². The molecule has 1 heterocycles. The Morgan fingerprint density at radius 3 is 2.21 bits per heavy atom. The maximum absolute atomic E-state index is 13.0. The van der Waals surface area contributed by atoms with Crippen LogP contribution in [-0.4, -0.2) is 28.0 Å². The van der Waals surface area contributed by atoms with Crippen LogP contribution in [0.1, 0.15) is 5.56 Å². The Bertz CT molecular complexity index is 818. The maximum Gasteiger partial charge on any atom is 0.299 e. The fraction of sp³-hybridized carbons (Fsp3) is 0.200. The van der Waals surface area contributed by atoms with E-state index in [0.29, 0.717) is 5.56 Å². The van der Waals surface area contributed by atoms with Crippen molar-refractivity contribution in [2.75, 3.05) is 18.0 Å². The second-order valence-electron chi connectivity index (χ2n) is 5.58. The van der Waals surface area contributed by atoms with Crippen molar-refractivity contribution in [1.82, 2.24) is 0 Å². The Balaban J connectivity index is 1.86. The highest BCUT2D eigenvalue weighted by molar-refractivity contribution is 5.68. The zero-order chi connectivity index (χ0) is 17.5. The van der Waals surface area contributed by atoms with Crippen molar-refractivity contribution in [1.29, 1.82) is 0 Å². The lowest BCUT2D eigenvalue weighted by Gasteiger charge is -2.47. The molecule has 1 N–H and O–H groups in total. The molecule has 2 aromatic carbocycles. The summed E-state index contributed by atoms with van der Waals surface area (Å²) in [5.74, 6) is -0.426. The molecule has 2 aromatic rings. The van der Waals surface area contributed by atoms with E-state index in [2.05, 4.69) is 0 Å². The molecule has 1 fully saturated rings. The first-order valence-corrected chi connectivity index (χ1v) is 6.96. The molecule has 0 amide bonds. The number of non-ortho nitro benzene ring substituents is 1. The fourth-order valence-corrected chi connectivity index (χ4v) is 2.74. The van der Waals surface area contributed by atoms with E-state index in [0.717, 1.165) is 6.07 Å². The molecule has 0 saturated carbocycles. The van der Waals surface area contributed by atoms with Gasteiger partial charge in [-0.05, 0) is 23.8 Å². The topological polar surface area (TPSA) is 110 Å². The van der Waals surface area contributed by atoms with Crippen molar-refractivity contribution < 1.29 is 19.3 Å². The monoisotopic (exact) mass is 333 g/mol. The van der Waals surface area contributed by atoms with Crippen LogP contribution in [0.25, 0.3) is 0 Å². The Morgan fingerprint density at radius 1 is 1.04 bits per heavy atom. The molecule has 124 valence electrons. The van der Waals surface area contributed by atoms with Crippen molar-refractivity contribution in [3.8, 4) is 0 Å². The van der Waals surface area contributed by atoms with E-state index in [1.807, 2.05) is 0 Å². The van der Waals surface area contributed by atoms with Gasteiger partial charge in [-0.1, -0.05) is 12.1 Å². The van der Waals surface area contributed by atoms with Gasteiger partial charge in [0.15, 0.2) is 0 Å². The second-order valence-corrected chi connectivity index (χ2v) is 5.58. The highest BCUT2D eigenvalue weighted by Gasteiger charge is 2.44. The molecule has 8 nitrogen and oxygen atoms in total. The van der Waals surface area contributed by atoms with Crippen LogP contribution in [0.15, 0.2) is 42.5 Å². The molecule has 0 bridgehead atoms. The average Bonchev–Trinajstić information content (AvgIpc) is 2.51. The Kier molecular flexibility index (Phi) is 3.64. The molecule has 0 unspecified atom stereocenters. The van der Waals surface area contributed by atoms with Crippen LogP contribution in [-0.2, 0) is 5.60 Å². The van der Waals surface area contributed by atoms with Gasteiger partial charge >= 0.3 is 0 Å². The van der Waals surface area contributed by atoms with E-state index in [4.69, 9.17) is 0 Å². The van der Waals surface area contributed by atoms with Crippen LogP contribution in [0.4, 0.5) is 21.5 Å². The molecule has 0 aliphatic carbocycles. The Hall–Kier alpha value is -3.07. The number of rotatable bonds is 4. The summed E-state index contributed by atoms with van der Waals surface area (Å²) >= 11 is 0. The Labute approximate surface area is 135 Å². The third-order valence-electron chi connectivity index (χ3n) is 3.99. The van der Waals surface area contributed by atoms with Crippen LogP contribution in [0.3, 0.4) is 0 Å². The highest BCUT2D eigenvalue weighted by atomic mass is 19.1. The van der Waals surface area contributed by atoms with Gasteiger partial charge < -0.3 is 10.0 Å². The summed E-state index contributed by atoms with van der Waals surface area (Å²) in [5, 5.41) is 32.5. The summed E-state index contributed by atoms with van der Waals surface area (Å²) in [6, 6.07) is 8.73. The zero-order valence-corrected chi connectivity index (χ0v) is 12.3. The molecular weight excluding hydrogens is 321 g/mol. The lowest BCUT2D eigenvalue weighted by molar-refractivity contribution is -0.393. The van der Waals surface area contributed by atoms with Crippen molar-refractivity contribution in [2.24, 2.45) is 0 Å². The minimum Gasteiger partial charge on any atom is -0.381 e.